The number of thiol groups is 1. The second-order valence-electron chi connectivity index (χ2n) is 11.9. The van der Waals surface area contributed by atoms with Gasteiger partial charge in [-0.1, -0.05) is 79.3 Å². The SMILES string of the molecule is Cc1cccc(S(=O)(=O)N(S)CC(C2CC2)N2C(=O)C(C)(CC(=O)O)CC(c3cccc(Cl)c3)C2c2ccc(Cl)cc2)c1. The molecule has 2 fully saturated rings. The van der Waals surface area contributed by atoms with E-state index in [2.05, 4.69) is 12.8 Å². The first-order chi connectivity index (χ1) is 20.3. The number of amides is 1. The molecular weight excluding hydrogens is 627 g/mol. The number of likely N-dealkylation sites (tertiary alicyclic amines) is 1. The van der Waals surface area contributed by atoms with Crippen molar-refractivity contribution >= 4 is 57.9 Å². The molecule has 1 aliphatic heterocycles. The number of rotatable bonds is 10. The first-order valence-electron chi connectivity index (χ1n) is 14.1. The number of carbonyl (C=O) groups excluding carboxylic acids is 1. The zero-order valence-electron chi connectivity index (χ0n) is 23.9. The minimum absolute atomic E-state index is 0.0216. The molecule has 3 aromatic rings. The second kappa shape index (κ2) is 12.4. The van der Waals surface area contributed by atoms with E-state index in [1.54, 1.807) is 42.2 Å². The molecule has 5 rings (SSSR count). The summed E-state index contributed by atoms with van der Waals surface area (Å²) in [5.74, 6) is -1.70. The lowest BCUT2D eigenvalue weighted by atomic mass is 9.67. The Bertz CT molecular complexity index is 1630. The van der Waals surface area contributed by atoms with E-state index < -0.39 is 33.5 Å². The molecule has 0 bridgehead atoms. The molecule has 1 heterocycles. The lowest BCUT2D eigenvalue weighted by molar-refractivity contribution is -0.161. The number of halogens is 2. The Labute approximate surface area is 268 Å². The molecule has 3 aromatic carbocycles. The zero-order chi connectivity index (χ0) is 31.1. The molecule has 228 valence electrons. The van der Waals surface area contributed by atoms with Crippen molar-refractivity contribution in [2.24, 2.45) is 11.3 Å². The lowest BCUT2D eigenvalue weighted by Crippen LogP contribution is -2.58. The highest BCUT2D eigenvalue weighted by Crippen LogP contribution is 2.54. The van der Waals surface area contributed by atoms with Crippen molar-refractivity contribution < 1.29 is 23.1 Å². The fourth-order valence-electron chi connectivity index (χ4n) is 6.35. The van der Waals surface area contributed by atoms with Gasteiger partial charge in [0.05, 0.1) is 22.8 Å². The van der Waals surface area contributed by atoms with E-state index in [-0.39, 0.29) is 42.0 Å². The van der Waals surface area contributed by atoms with Gasteiger partial charge in [0.2, 0.25) is 5.91 Å². The number of hydrogen-bond acceptors (Lipinski definition) is 5. The fourth-order valence-corrected chi connectivity index (χ4v) is 8.30. The first kappa shape index (κ1) is 31.9. The summed E-state index contributed by atoms with van der Waals surface area (Å²) in [4.78, 5) is 28.6. The molecule has 1 N–H and O–H groups in total. The van der Waals surface area contributed by atoms with Gasteiger partial charge in [-0.3, -0.25) is 9.59 Å². The second-order valence-corrected chi connectivity index (χ2v) is 15.4. The number of piperidine rings is 1. The van der Waals surface area contributed by atoms with Crippen LogP contribution in [0.1, 0.15) is 61.3 Å². The number of carboxylic acid groups (broad SMARTS) is 1. The largest absolute Gasteiger partial charge is 0.481 e. The molecule has 0 spiro atoms. The van der Waals surface area contributed by atoms with E-state index in [9.17, 15) is 23.1 Å². The van der Waals surface area contributed by atoms with Crippen molar-refractivity contribution in [2.45, 2.75) is 62.4 Å². The summed E-state index contributed by atoms with van der Waals surface area (Å²) in [6, 6.07) is 20.2. The minimum Gasteiger partial charge on any atom is -0.481 e. The number of hydrogen-bond donors (Lipinski definition) is 2. The Morgan fingerprint density at radius 3 is 2.33 bits per heavy atom. The molecule has 0 aromatic heterocycles. The van der Waals surface area contributed by atoms with Crippen molar-refractivity contribution in [1.29, 1.82) is 0 Å². The van der Waals surface area contributed by atoms with Crippen molar-refractivity contribution in [2.75, 3.05) is 6.54 Å². The molecule has 1 saturated carbocycles. The maximum atomic E-state index is 14.6. The van der Waals surface area contributed by atoms with Gasteiger partial charge in [-0.2, -0.15) is 0 Å². The van der Waals surface area contributed by atoms with Crippen LogP contribution in [0.3, 0.4) is 0 Å². The van der Waals surface area contributed by atoms with Crippen LogP contribution in [0.25, 0.3) is 0 Å². The van der Waals surface area contributed by atoms with E-state index >= 15 is 0 Å². The van der Waals surface area contributed by atoms with Crippen molar-refractivity contribution in [3.8, 4) is 0 Å². The first-order valence-corrected chi connectivity index (χ1v) is 16.7. The van der Waals surface area contributed by atoms with E-state index in [0.717, 1.165) is 33.2 Å². The molecule has 4 unspecified atom stereocenters. The number of aliphatic carboxylic acids is 1. The lowest BCUT2D eigenvalue weighted by Gasteiger charge is -2.52. The molecule has 43 heavy (non-hydrogen) atoms. The van der Waals surface area contributed by atoms with Gasteiger partial charge in [0, 0.05) is 28.5 Å². The number of sulfonamides is 1. The summed E-state index contributed by atoms with van der Waals surface area (Å²) in [5.41, 5.74) is 1.24. The number of carbonyl (C=O) groups is 2. The van der Waals surface area contributed by atoms with Gasteiger partial charge >= 0.3 is 5.97 Å². The van der Waals surface area contributed by atoms with E-state index in [1.165, 1.54) is 6.07 Å². The van der Waals surface area contributed by atoms with Crippen molar-refractivity contribution in [1.82, 2.24) is 8.61 Å². The van der Waals surface area contributed by atoms with Crippen LogP contribution in [0, 0.1) is 18.3 Å². The number of aryl methyl sites for hydroxylation is 1. The van der Waals surface area contributed by atoms with Gasteiger partial charge in [0.15, 0.2) is 0 Å². The van der Waals surface area contributed by atoms with Gasteiger partial charge in [-0.05, 0) is 85.2 Å². The topological polar surface area (TPSA) is 95.0 Å². The van der Waals surface area contributed by atoms with Gasteiger partial charge in [0.25, 0.3) is 10.0 Å². The summed E-state index contributed by atoms with van der Waals surface area (Å²) in [5, 5.41) is 11.0. The summed E-state index contributed by atoms with van der Waals surface area (Å²) in [6.07, 6.45) is 1.53. The normalized spacial score (nSPS) is 23.4. The molecular formula is C32H34Cl2N2O5S2. The summed E-state index contributed by atoms with van der Waals surface area (Å²) < 4.78 is 28.3. The van der Waals surface area contributed by atoms with E-state index in [4.69, 9.17) is 23.2 Å². The standard InChI is InChI=1S/C32H34Cl2N2O5S2/c1-20-5-3-8-26(15-20)43(40,41)35(42)19-28(21-9-10-21)36-30(22-11-13-24(33)14-12-22)27(23-6-4-7-25(34)16-23)17-32(2,31(36)39)18-29(37)38/h3-8,11-16,21,27-28,30,42H,9-10,17-19H2,1-2H3,(H,37,38). The van der Waals surface area contributed by atoms with E-state index in [0.29, 0.717) is 10.0 Å². The van der Waals surface area contributed by atoms with Crippen molar-refractivity contribution in [3.05, 3.63) is 99.5 Å². The predicted octanol–water partition coefficient (Wildman–Crippen LogP) is 7.15. The van der Waals surface area contributed by atoms with Crippen LogP contribution in [0.15, 0.2) is 77.7 Å². The summed E-state index contributed by atoms with van der Waals surface area (Å²) in [7, 11) is -3.99. The summed E-state index contributed by atoms with van der Waals surface area (Å²) >= 11 is 17.2. The molecule has 7 nitrogen and oxygen atoms in total. The van der Waals surface area contributed by atoms with Crippen LogP contribution < -0.4 is 0 Å². The maximum absolute atomic E-state index is 14.6. The van der Waals surface area contributed by atoms with Gasteiger partial charge in [-0.15, -0.1) is 3.71 Å². The molecule has 1 aliphatic carbocycles. The maximum Gasteiger partial charge on any atom is 0.304 e. The van der Waals surface area contributed by atoms with Crippen LogP contribution in [0.5, 0.6) is 0 Å². The van der Waals surface area contributed by atoms with Crippen LogP contribution in [0.2, 0.25) is 10.0 Å². The Kier molecular flexibility index (Phi) is 9.22. The molecule has 4 atom stereocenters. The van der Waals surface area contributed by atoms with Crippen LogP contribution >= 0.6 is 36.0 Å². The highest BCUT2D eigenvalue weighted by molar-refractivity contribution is 7.99. The van der Waals surface area contributed by atoms with Crippen LogP contribution in [0.4, 0.5) is 0 Å². The number of nitrogens with zero attached hydrogens (tertiary/aromatic N) is 2. The van der Waals surface area contributed by atoms with Gasteiger partial charge in [0.1, 0.15) is 0 Å². The minimum atomic E-state index is -3.99. The third-order valence-electron chi connectivity index (χ3n) is 8.56. The van der Waals surface area contributed by atoms with Crippen molar-refractivity contribution in [3.63, 3.8) is 0 Å². The quantitative estimate of drug-likeness (QED) is 0.225. The third-order valence-corrected chi connectivity index (χ3v) is 11.4. The van der Waals surface area contributed by atoms with Crippen LogP contribution in [-0.2, 0) is 19.6 Å². The smallest absolute Gasteiger partial charge is 0.304 e. The number of benzene rings is 3. The Hall–Kier alpha value is -2.56. The molecule has 2 aliphatic rings. The Balaban J connectivity index is 1.65. The third kappa shape index (κ3) is 6.76. The Morgan fingerprint density at radius 2 is 1.72 bits per heavy atom. The molecule has 11 heteroatoms. The highest BCUT2D eigenvalue weighted by Gasteiger charge is 2.55. The monoisotopic (exact) mass is 660 g/mol. The van der Waals surface area contributed by atoms with Crippen LogP contribution in [-0.4, -0.2) is 46.6 Å². The molecule has 1 saturated heterocycles. The molecule has 0 radical (unpaired) electrons. The summed E-state index contributed by atoms with van der Waals surface area (Å²) in [6.45, 7) is 3.44. The van der Waals surface area contributed by atoms with E-state index in [1.807, 2.05) is 43.3 Å². The average Bonchev–Trinajstić information content (AvgIpc) is 3.79. The van der Waals surface area contributed by atoms with Gasteiger partial charge in [-0.25, -0.2) is 8.42 Å². The zero-order valence-corrected chi connectivity index (χ0v) is 27.1. The average molecular weight is 662 g/mol. The number of carboxylic acids is 1. The Morgan fingerprint density at radius 1 is 1.05 bits per heavy atom. The highest BCUT2D eigenvalue weighted by atomic mass is 35.5. The fraction of sp³-hybridized carbons (Fsp3) is 0.375. The molecule has 1 amide bonds. The van der Waals surface area contributed by atoms with Gasteiger partial charge < -0.3 is 10.0 Å². The predicted molar refractivity (Wildman–Crippen MR) is 171 cm³/mol.